The van der Waals surface area contributed by atoms with Crippen LogP contribution in [-0.2, 0) is 0 Å². The highest BCUT2D eigenvalue weighted by Crippen LogP contribution is 2.19. The average Bonchev–Trinajstić information content (AvgIpc) is 2.05. The van der Waals surface area contributed by atoms with Gasteiger partial charge in [0.05, 0.1) is 0 Å². The molecule has 0 saturated carbocycles. The van der Waals surface area contributed by atoms with Gasteiger partial charge in [-0.2, -0.15) is 0 Å². The molecule has 0 N–H and O–H groups in total. The van der Waals surface area contributed by atoms with Gasteiger partial charge in [-0.3, -0.25) is 0 Å². The first-order valence-electron chi connectivity index (χ1n) is 4.91. The molecule has 11 heavy (non-hydrogen) atoms. The zero-order valence-electron chi connectivity index (χ0n) is 8.48. The summed E-state index contributed by atoms with van der Waals surface area (Å²) in [5.41, 5.74) is 1.65. The Hall–Kier alpha value is -0.260. The highest BCUT2D eigenvalue weighted by molar-refractivity contribution is 5.03. The SMILES string of the molecule is CC=C(CCCC)C(C)CC. The Bertz CT molecular complexity index is 111. The van der Waals surface area contributed by atoms with Gasteiger partial charge in [-0.15, -0.1) is 0 Å². The lowest BCUT2D eigenvalue weighted by Gasteiger charge is -2.12. The summed E-state index contributed by atoms with van der Waals surface area (Å²) < 4.78 is 0. The highest BCUT2D eigenvalue weighted by atomic mass is 14.1. The summed E-state index contributed by atoms with van der Waals surface area (Å²) in [4.78, 5) is 0. The molecule has 0 aliphatic heterocycles. The van der Waals surface area contributed by atoms with Crippen LogP contribution in [0.1, 0.15) is 53.4 Å². The summed E-state index contributed by atoms with van der Waals surface area (Å²) in [5.74, 6) is 0.798. The molecule has 0 aromatic heterocycles. The predicted molar refractivity (Wildman–Crippen MR) is 52.7 cm³/mol. The van der Waals surface area contributed by atoms with E-state index in [9.17, 15) is 0 Å². The summed E-state index contributed by atoms with van der Waals surface area (Å²) in [5, 5.41) is 0. The molecule has 0 spiro atoms. The fraction of sp³-hybridized carbons (Fsp3) is 0.818. The zero-order chi connectivity index (χ0) is 8.69. The van der Waals surface area contributed by atoms with Gasteiger partial charge >= 0.3 is 0 Å². The minimum Gasteiger partial charge on any atom is -0.0882 e. The molecule has 0 radical (unpaired) electrons. The molecule has 0 bridgehead atoms. The van der Waals surface area contributed by atoms with E-state index in [1.165, 1.54) is 25.7 Å². The van der Waals surface area contributed by atoms with Crippen LogP contribution in [-0.4, -0.2) is 0 Å². The van der Waals surface area contributed by atoms with Crippen LogP contribution in [0.2, 0.25) is 0 Å². The van der Waals surface area contributed by atoms with Crippen LogP contribution in [0.5, 0.6) is 0 Å². The van der Waals surface area contributed by atoms with E-state index in [2.05, 4.69) is 33.8 Å². The Morgan fingerprint density at radius 3 is 2.36 bits per heavy atom. The maximum Gasteiger partial charge on any atom is -0.0234 e. The molecule has 0 aromatic carbocycles. The second-order valence-corrected chi connectivity index (χ2v) is 3.28. The van der Waals surface area contributed by atoms with Gasteiger partial charge in [0.25, 0.3) is 0 Å². The van der Waals surface area contributed by atoms with Crippen LogP contribution in [0.3, 0.4) is 0 Å². The van der Waals surface area contributed by atoms with Crippen molar-refractivity contribution in [3.8, 4) is 0 Å². The largest absolute Gasteiger partial charge is 0.0882 e. The third-order valence-electron chi connectivity index (χ3n) is 2.44. The van der Waals surface area contributed by atoms with Crippen LogP contribution in [0.15, 0.2) is 11.6 Å². The number of hydrogen-bond acceptors (Lipinski definition) is 0. The first-order valence-corrected chi connectivity index (χ1v) is 4.91. The first-order chi connectivity index (χ1) is 5.26. The highest BCUT2D eigenvalue weighted by Gasteiger charge is 2.03. The van der Waals surface area contributed by atoms with E-state index in [4.69, 9.17) is 0 Å². The van der Waals surface area contributed by atoms with Crippen LogP contribution in [0.4, 0.5) is 0 Å². The molecule has 0 heteroatoms. The molecule has 0 amide bonds. The molecule has 0 heterocycles. The van der Waals surface area contributed by atoms with Crippen LogP contribution >= 0.6 is 0 Å². The molecule has 1 atom stereocenters. The molecule has 0 fully saturated rings. The lowest BCUT2D eigenvalue weighted by atomic mass is 9.94. The molecular formula is C11H22. The van der Waals surface area contributed by atoms with Crippen molar-refractivity contribution in [3.63, 3.8) is 0 Å². The summed E-state index contributed by atoms with van der Waals surface area (Å²) in [6.45, 7) is 9.01. The second kappa shape index (κ2) is 6.45. The summed E-state index contributed by atoms with van der Waals surface area (Å²) in [6, 6.07) is 0. The van der Waals surface area contributed by atoms with Gasteiger partial charge in [0.2, 0.25) is 0 Å². The van der Waals surface area contributed by atoms with Gasteiger partial charge in [-0.1, -0.05) is 38.8 Å². The topological polar surface area (TPSA) is 0 Å². The third kappa shape index (κ3) is 4.23. The molecule has 66 valence electrons. The summed E-state index contributed by atoms with van der Waals surface area (Å²) in [7, 11) is 0. The van der Waals surface area contributed by atoms with Crippen molar-refractivity contribution < 1.29 is 0 Å². The van der Waals surface area contributed by atoms with Gasteiger partial charge in [-0.25, -0.2) is 0 Å². The molecule has 0 rings (SSSR count). The molecule has 0 aromatic rings. The smallest absolute Gasteiger partial charge is 0.0234 e. The van der Waals surface area contributed by atoms with Crippen molar-refractivity contribution in [2.45, 2.75) is 53.4 Å². The van der Waals surface area contributed by atoms with E-state index >= 15 is 0 Å². The lowest BCUT2D eigenvalue weighted by molar-refractivity contribution is 0.605. The van der Waals surface area contributed by atoms with Crippen LogP contribution in [0, 0.1) is 5.92 Å². The predicted octanol–water partition coefficient (Wildman–Crippen LogP) is 4.17. The van der Waals surface area contributed by atoms with E-state index in [0.29, 0.717) is 0 Å². The van der Waals surface area contributed by atoms with Crippen LogP contribution in [0.25, 0.3) is 0 Å². The maximum absolute atomic E-state index is 2.32. The molecule has 0 aliphatic carbocycles. The second-order valence-electron chi connectivity index (χ2n) is 3.28. The molecule has 1 unspecified atom stereocenters. The Morgan fingerprint density at radius 2 is 2.00 bits per heavy atom. The quantitative estimate of drug-likeness (QED) is 0.521. The number of allylic oxidation sites excluding steroid dienone is 2. The minimum absolute atomic E-state index is 0.798. The van der Waals surface area contributed by atoms with Crippen molar-refractivity contribution >= 4 is 0 Å². The average molecular weight is 154 g/mol. The van der Waals surface area contributed by atoms with E-state index in [0.717, 1.165) is 5.92 Å². The number of hydrogen-bond donors (Lipinski definition) is 0. The third-order valence-corrected chi connectivity index (χ3v) is 2.44. The van der Waals surface area contributed by atoms with Crippen molar-refractivity contribution in [3.05, 3.63) is 11.6 Å². The van der Waals surface area contributed by atoms with E-state index in [1.54, 1.807) is 5.57 Å². The number of rotatable bonds is 5. The molecule has 0 nitrogen and oxygen atoms in total. The Kier molecular flexibility index (Phi) is 6.30. The van der Waals surface area contributed by atoms with E-state index in [-0.39, 0.29) is 0 Å². The van der Waals surface area contributed by atoms with E-state index in [1.807, 2.05) is 0 Å². The zero-order valence-corrected chi connectivity index (χ0v) is 8.48. The van der Waals surface area contributed by atoms with E-state index < -0.39 is 0 Å². The normalized spacial score (nSPS) is 15.1. The maximum atomic E-state index is 2.32. The van der Waals surface area contributed by atoms with Crippen molar-refractivity contribution in [2.24, 2.45) is 5.92 Å². The molecule has 0 aliphatic rings. The van der Waals surface area contributed by atoms with Crippen molar-refractivity contribution in [1.82, 2.24) is 0 Å². The number of unbranched alkanes of at least 4 members (excludes halogenated alkanes) is 1. The van der Waals surface area contributed by atoms with Crippen LogP contribution < -0.4 is 0 Å². The van der Waals surface area contributed by atoms with Crippen molar-refractivity contribution in [1.29, 1.82) is 0 Å². The van der Waals surface area contributed by atoms with Gasteiger partial charge in [0.1, 0.15) is 0 Å². The van der Waals surface area contributed by atoms with Crippen molar-refractivity contribution in [2.75, 3.05) is 0 Å². The standard InChI is InChI=1S/C11H22/c1-5-8-9-11(7-3)10(4)6-2/h7,10H,5-6,8-9H2,1-4H3. The fourth-order valence-electron chi connectivity index (χ4n) is 1.32. The first kappa shape index (κ1) is 10.7. The molecular weight excluding hydrogens is 132 g/mol. The Morgan fingerprint density at radius 1 is 1.36 bits per heavy atom. The van der Waals surface area contributed by atoms with Gasteiger partial charge in [0.15, 0.2) is 0 Å². The minimum atomic E-state index is 0.798. The fourth-order valence-corrected chi connectivity index (χ4v) is 1.32. The Labute approximate surface area is 71.7 Å². The lowest BCUT2D eigenvalue weighted by Crippen LogP contribution is -1.97. The summed E-state index contributed by atoms with van der Waals surface area (Å²) >= 11 is 0. The van der Waals surface area contributed by atoms with Gasteiger partial charge in [-0.05, 0) is 32.1 Å². The monoisotopic (exact) mass is 154 g/mol. The summed E-state index contributed by atoms with van der Waals surface area (Å²) in [6.07, 6.45) is 7.55. The Balaban J connectivity index is 3.77. The van der Waals surface area contributed by atoms with Gasteiger partial charge < -0.3 is 0 Å². The molecule has 0 saturated heterocycles. The van der Waals surface area contributed by atoms with Gasteiger partial charge in [0, 0.05) is 0 Å².